The molecule has 0 aromatic heterocycles. The minimum Gasteiger partial charge on any atom is -0.480 e. The Bertz CT molecular complexity index is 1010. The van der Waals surface area contributed by atoms with Gasteiger partial charge in [0, 0.05) is 12.5 Å². The summed E-state index contributed by atoms with van der Waals surface area (Å²) < 4.78 is 5.62. The lowest BCUT2D eigenvalue weighted by Crippen LogP contribution is -2.55. The van der Waals surface area contributed by atoms with Gasteiger partial charge in [0.25, 0.3) is 0 Å². The van der Waals surface area contributed by atoms with Gasteiger partial charge in [-0.2, -0.15) is 11.8 Å². The topological polar surface area (TPSA) is 95.9 Å². The van der Waals surface area contributed by atoms with Crippen LogP contribution in [0.2, 0.25) is 0 Å². The lowest BCUT2D eigenvalue weighted by molar-refractivity contribution is -0.152. The smallest absolute Gasteiger partial charge is 0.407 e. The highest BCUT2D eigenvalue weighted by Gasteiger charge is 2.36. The number of rotatable bonds is 8. The second kappa shape index (κ2) is 11.0. The molecule has 8 heteroatoms. The zero-order chi connectivity index (χ0) is 24.1. The van der Waals surface area contributed by atoms with E-state index in [1.165, 1.54) is 4.90 Å². The second-order valence-corrected chi connectivity index (χ2v) is 9.67. The summed E-state index contributed by atoms with van der Waals surface area (Å²) in [7, 11) is 0. The second-order valence-electron chi connectivity index (χ2n) is 8.69. The summed E-state index contributed by atoms with van der Waals surface area (Å²) in [6.45, 7) is 0.544. The first-order chi connectivity index (χ1) is 16.5. The van der Waals surface area contributed by atoms with Gasteiger partial charge < -0.3 is 20.1 Å². The molecule has 180 valence electrons. The van der Waals surface area contributed by atoms with Crippen LogP contribution in [0.15, 0.2) is 48.5 Å². The maximum absolute atomic E-state index is 13.2. The molecule has 2 atom stereocenters. The summed E-state index contributed by atoms with van der Waals surface area (Å²) in [6, 6.07) is 14.5. The molecule has 2 aromatic carbocycles. The predicted molar refractivity (Wildman–Crippen MR) is 132 cm³/mol. The number of benzene rings is 2. The van der Waals surface area contributed by atoms with Crippen molar-refractivity contribution in [2.75, 3.05) is 25.2 Å². The Morgan fingerprint density at radius 2 is 1.74 bits per heavy atom. The highest BCUT2D eigenvalue weighted by Crippen LogP contribution is 2.44. The van der Waals surface area contributed by atoms with Crippen LogP contribution in [-0.4, -0.2) is 65.2 Å². The van der Waals surface area contributed by atoms with Gasteiger partial charge in [-0.15, -0.1) is 0 Å². The number of nitrogens with zero attached hydrogens (tertiary/aromatic N) is 1. The summed E-state index contributed by atoms with van der Waals surface area (Å²) in [5.74, 6) is -0.768. The Hall–Kier alpha value is -3.00. The van der Waals surface area contributed by atoms with Crippen LogP contribution in [0.5, 0.6) is 0 Å². The lowest BCUT2D eigenvalue weighted by atomic mass is 9.98. The van der Waals surface area contributed by atoms with E-state index in [0.717, 1.165) is 35.1 Å². The summed E-state index contributed by atoms with van der Waals surface area (Å²) in [4.78, 5) is 39.1. The Morgan fingerprint density at radius 1 is 1.09 bits per heavy atom. The van der Waals surface area contributed by atoms with Crippen LogP contribution in [0, 0.1) is 0 Å². The number of ether oxygens (including phenoxy) is 1. The van der Waals surface area contributed by atoms with E-state index in [1.807, 2.05) is 30.5 Å². The number of fused-ring (bicyclic) bond motifs is 3. The molecular formula is C26H30N2O5S. The minimum absolute atomic E-state index is 0.0722. The van der Waals surface area contributed by atoms with Crippen molar-refractivity contribution in [2.45, 2.75) is 43.7 Å². The van der Waals surface area contributed by atoms with E-state index in [4.69, 9.17) is 4.74 Å². The number of thioether (sulfide) groups is 1. The third-order valence-electron chi connectivity index (χ3n) is 6.62. The van der Waals surface area contributed by atoms with Crippen molar-refractivity contribution in [3.8, 4) is 11.1 Å². The monoisotopic (exact) mass is 482 g/mol. The molecule has 1 fully saturated rings. The number of piperidine rings is 1. The molecule has 0 radical (unpaired) electrons. The molecule has 0 bridgehead atoms. The molecule has 1 aliphatic heterocycles. The number of alkyl carbamates (subject to hydrolysis) is 1. The van der Waals surface area contributed by atoms with Crippen molar-refractivity contribution in [3.05, 3.63) is 59.7 Å². The number of likely N-dealkylation sites (tertiary alicyclic amines) is 1. The van der Waals surface area contributed by atoms with Crippen LogP contribution in [0.3, 0.4) is 0 Å². The predicted octanol–water partition coefficient (Wildman–Crippen LogP) is 4.11. The van der Waals surface area contributed by atoms with Crippen LogP contribution in [0.1, 0.15) is 42.7 Å². The molecule has 0 spiro atoms. The summed E-state index contributed by atoms with van der Waals surface area (Å²) in [5.41, 5.74) is 4.52. The Kier molecular flexibility index (Phi) is 7.77. The molecule has 2 aliphatic rings. The van der Waals surface area contributed by atoms with E-state index < -0.39 is 24.1 Å². The highest BCUT2D eigenvalue weighted by atomic mass is 32.2. The maximum Gasteiger partial charge on any atom is 0.407 e. The van der Waals surface area contributed by atoms with E-state index in [0.29, 0.717) is 25.1 Å². The summed E-state index contributed by atoms with van der Waals surface area (Å²) in [5, 5.41) is 12.3. The van der Waals surface area contributed by atoms with E-state index in [-0.39, 0.29) is 18.4 Å². The van der Waals surface area contributed by atoms with Gasteiger partial charge in [-0.3, -0.25) is 4.79 Å². The molecule has 0 saturated carbocycles. The van der Waals surface area contributed by atoms with Crippen molar-refractivity contribution < 1.29 is 24.2 Å². The molecule has 1 unspecified atom stereocenters. The molecule has 1 heterocycles. The standard InChI is InChI=1S/C26H30N2O5S/c1-34-15-13-22(24(29)28-14-7-6-12-23(28)25(30)31)27-26(32)33-16-21-19-10-4-2-8-17(19)18-9-3-5-11-20(18)21/h2-5,8-11,21-23H,6-7,12-16H2,1H3,(H,27,32)(H,30,31)/t22?,23-/m0/s1. The van der Waals surface area contributed by atoms with Crippen molar-refractivity contribution in [1.29, 1.82) is 0 Å². The Morgan fingerprint density at radius 3 is 2.35 bits per heavy atom. The molecule has 7 nitrogen and oxygen atoms in total. The average Bonchev–Trinajstić information content (AvgIpc) is 3.18. The minimum atomic E-state index is -1.00. The maximum atomic E-state index is 13.2. The van der Waals surface area contributed by atoms with Crippen LogP contribution in [0.25, 0.3) is 11.1 Å². The quantitative estimate of drug-likeness (QED) is 0.588. The van der Waals surface area contributed by atoms with Crippen molar-refractivity contribution >= 4 is 29.7 Å². The number of amides is 2. The number of carbonyl (C=O) groups excluding carboxylic acids is 2. The number of hydrogen-bond acceptors (Lipinski definition) is 5. The molecular weight excluding hydrogens is 452 g/mol. The molecule has 2 amide bonds. The lowest BCUT2D eigenvalue weighted by Gasteiger charge is -2.35. The average molecular weight is 483 g/mol. The molecule has 4 rings (SSSR count). The fraction of sp³-hybridized carbons (Fsp3) is 0.423. The number of nitrogens with one attached hydrogen (secondary N) is 1. The van der Waals surface area contributed by atoms with Crippen molar-refractivity contribution in [3.63, 3.8) is 0 Å². The van der Waals surface area contributed by atoms with Crippen molar-refractivity contribution in [1.82, 2.24) is 10.2 Å². The van der Waals surface area contributed by atoms with Gasteiger partial charge in [-0.1, -0.05) is 48.5 Å². The van der Waals surface area contributed by atoms with Crippen LogP contribution >= 0.6 is 11.8 Å². The summed E-state index contributed by atoms with van der Waals surface area (Å²) >= 11 is 1.57. The van der Waals surface area contributed by atoms with E-state index in [2.05, 4.69) is 29.6 Å². The normalized spacial score (nSPS) is 18.0. The SMILES string of the molecule is CSCCC(NC(=O)OCC1c2ccccc2-c2ccccc21)C(=O)N1CCCC[C@H]1C(=O)O. The van der Waals surface area contributed by atoms with Gasteiger partial charge in [0.15, 0.2) is 0 Å². The molecule has 1 saturated heterocycles. The van der Waals surface area contributed by atoms with E-state index in [9.17, 15) is 19.5 Å². The Labute approximate surface area is 203 Å². The van der Waals surface area contributed by atoms with Gasteiger partial charge in [0.05, 0.1) is 0 Å². The largest absolute Gasteiger partial charge is 0.480 e. The third kappa shape index (κ3) is 5.06. The van der Waals surface area contributed by atoms with Gasteiger partial charge in [0.2, 0.25) is 5.91 Å². The molecule has 34 heavy (non-hydrogen) atoms. The van der Waals surface area contributed by atoms with Gasteiger partial charge in [-0.25, -0.2) is 9.59 Å². The van der Waals surface area contributed by atoms with Crippen molar-refractivity contribution in [2.24, 2.45) is 0 Å². The first-order valence-corrected chi connectivity index (χ1v) is 13.0. The molecule has 2 aromatic rings. The zero-order valence-electron chi connectivity index (χ0n) is 19.2. The number of carboxylic acid groups (broad SMARTS) is 1. The number of aliphatic carboxylic acids is 1. The Balaban J connectivity index is 1.44. The first-order valence-electron chi connectivity index (χ1n) is 11.6. The van der Waals surface area contributed by atoms with Crippen LogP contribution < -0.4 is 5.32 Å². The zero-order valence-corrected chi connectivity index (χ0v) is 20.1. The first kappa shape index (κ1) is 24.1. The number of hydrogen-bond donors (Lipinski definition) is 2. The highest BCUT2D eigenvalue weighted by molar-refractivity contribution is 7.98. The number of carbonyl (C=O) groups is 3. The number of carboxylic acids is 1. The van der Waals surface area contributed by atoms with Crippen LogP contribution in [-0.2, 0) is 14.3 Å². The van der Waals surface area contributed by atoms with Gasteiger partial charge >= 0.3 is 12.1 Å². The van der Waals surface area contributed by atoms with Gasteiger partial charge in [0.1, 0.15) is 18.7 Å². The molecule has 2 N–H and O–H groups in total. The fourth-order valence-corrected chi connectivity index (χ4v) is 5.40. The van der Waals surface area contributed by atoms with Gasteiger partial charge in [-0.05, 0) is 59.9 Å². The summed E-state index contributed by atoms with van der Waals surface area (Å²) in [6.07, 6.45) is 3.64. The van der Waals surface area contributed by atoms with E-state index >= 15 is 0 Å². The molecule has 1 aliphatic carbocycles. The van der Waals surface area contributed by atoms with Crippen LogP contribution in [0.4, 0.5) is 4.79 Å². The third-order valence-corrected chi connectivity index (χ3v) is 7.26. The van der Waals surface area contributed by atoms with E-state index in [1.54, 1.807) is 11.8 Å². The fourth-order valence-electron chi connectivity index (χ4n) is 4.93.